The molecular formula is C23H18FN3O3S. The first-order valence-electron chi connectivity index (χ1n) is 9.53. The second-order valence-corrected chi connectivity index (χ2v) is 7.70. The molecule has 0 spiro atoms. The highest BCUT2D eigenvalue weighted by Crippen LogP contribution is 2.34. The zero-order chi connectivity index (χ0) is 22.0. The van der Waals surface area contributed by atoms with Crippen LogP contribution in [0.2, 0.25) is 0 Å². The Bertz CT molecular complexity index is 1200. The molecule has 4 rings (SSSR count). The number of carbonyl (C=O) groups is 2. The van der Waals surface area contributed by atoms with Gasteiger partial charge in [-0.3, -0.25) is 9.69 Å². The molecule has 0 atom stereocenters. The van der Waals surface area contributed by atoms with Gasteiger partial charge in [0.05, 0.1) is 16.2 Å². The first-order chi connectivity index (χ1) is 15.0. The number of carboxylic acid groups (broad SMARTS) is 1. The van der Waals surface area contributed by atoms with Crippen LogP contribution >= 0.6 is 11.8 Å². The van der Waals surface area contributed by atoms with Crippen molar-refractivity contribution in [3.63, 3.8) is 0 Å². The maximum atomic E-state index is 13.2. The topological polar surface area (TPSA) is 74.9 Å². The number of halogens is 1. The summed E-state index contributed by atoms with van der Waals surface area (Å²) in [6.07, 6.45) is 3.63. The van der Waals surface area contributed by atoms with Gasteiger partial charge in [-0.1, -0.05) is 0 Å². The highest BCUT2D eigenvalue weighted by Gasteiger charge is 2.32. The SMILES string of the molecule is CCN1C(=O)/C(=C\c2cccn2-c2ccc(C(=O)O)cc2)SC1=Nc1ccc(F)cc1. The van der Waals surface area contributed by atoms with Crippen LogP contribution in [0.3, 0.4) is 0 Å². The fraction of sp³-hybridized carbons (Fsp3) is 0.0870. The van der Waals surface area contributed by atoms with E-state index in [-0.39, 0.29) is 17.3 Å². The van der Waals surface area contributed by atoms with Gasteiger partial charge in [0.2, 0.25) is 0 Å². The van der Waals surface area contributed by atoms with E-state index < -0.39 is 5.97 Å². The number of benzene rings is 2. The number of aromatic nitrogens is 1. The van der Waals surface area contributed by atoms with Gasteiger partial charge in [-0.05, 0) is 85.4 Å². The molecule has 0 bridgehead atoms. The average molecular weight is 435 g/mol. The van der Waals surface area contributed by atoms with Gasteiger partial charge in [-0.25, -0.2) is 14.2 Å². The van der Waals surface area contributed by atoms with Crippen LogP contribution in [-0.4, -0.2) is 38.2 Å². The fourth-order valence-electron chi connectivity index (χ4n) is 3.14. The largest absolute Gasteiger partial charge is 0.478 e. The molecule has 1 aliphatic rings. The Morgan fingerprint density at radius 3 is 2.48 bits per heavy atom. The Hall–Kier alpha value is -3.65. The summed E-state index contributed by atoms with van der Waals surface area (Å²) >= 11 is 1.26. The monoisotopic (exact) mass is 435 g/mol. The van der Waals surface area contributed by atoms with Crippen molar-refractivity contribution in [2.45, 2.75) is 6.92 Å². The zero-order valence-corrected chi connectivity index (χ0v) is 17.3. The first kappa shape index (κ1) is 20.6. The molecule has 1 aliphatic heterocycles. The highest BCUT2D eigenvalue weighted by molar-refractivity contribution is 8.18. The molecule has 8 heteroatoms. The normalized spacial score (nSPS) is 16.5. The summed E-state index contributed by atoms with van der Waals surface area (Å²) in [5.74, 6) is -1.48. The Morgan fingerprint density at radius 1 is 1.13 bits per heavy atom. The molecule has 1 amide bonds. The van der Waals surface area contributed by atoms with Crippen LogP contribution in [0.4, 0.5) is 10.1 Å². The Labute approximate surface area is 182 Å². The molecule has 0 unspecified atom stereocenters. The molecule has 1 aromatic heterocycles. The number of aliphatic imine (C=N–C) groups is 1. The van der Waals surface area contributed by atoms with Crippen molar-refractivity contribution >= 4 is 40.6 Å². The molecule has 3 aromatic rings. The number of amidine groups is 1. The van der Waals surface area contributed by atoms with Crippen molar-refractivity contribution in [1.29, 1.82) is 0 Å². The summed E-state index contributed by atoms with van der Waals surface area (Å²) in [5, 5.41) is 9.62. The van der Waals surface area contributed by atoms with Gasteiger partial charge in [0, 0.05) is 24.1 Å². The number of thioether (sulfide) groups is 1. The number of hydrogen-bond acceptors (Lipinski definition) is 4. The van der Waals surface area contributed by atoms with E-state index >= 15 is 0 Å². The maximum absolute atomic E-state index is 13.2. The van der Waals surface area contributed by atoms with E-state index in [4.69, 9.17) is 5.11 Å². The van der Waals surface area contributed by atoms with Gasteiger partial charge in [-0.2, -0.15) is 0 Å². The third-order valence-corrected chi connectivity index (χ3v) is 5.71. The molecule has 2 heterocycles. The molecule has 1 saturated heterocycles. The molecular weight excluding hydrogens is 417 g/mol. The Balaban J connectivity index is 1.65. The van der Waals surface area contributed by atoms with Crippen molar-refractivity contribution < 1.29 is 19.1 Å². The maximum Gasteiger partial charge on any atom is 0.335 e. The second kappa shape index (κ2) is 8.61. The lowest BCUT2D eigenvalue weighted by Gasteiger charge is -2.12. The fourth-order valence-corrected chi connectivity index (χ4v) is 4.19. The summed E-state index contributed by atoms with van der Waals surface area (Å²) in [5.41, 5.74) is 2.33. The summed E-state index contributed by atoms with van der Waals surface area (Å²) in [4.78, 5) is 30.6. The van der Waals surface area contributed by atoms with Crippen molar-refractivity contribution in [2.75, 3.05) is 6.54 Å². The minimum atomic E-state index is -0.984. The number of carbonyl (C=O) groups excluding carboxylic acids is 1. The molecule has 156 valence electrons. The number of likely N-dealkylation sites (N-methyl/N-ethyl adjacent to an activating group) is 1. The minimum absolute atomic E-state index is 0.151. The number of nitrogens with zero attached hydrogens (tertiary/aromatic N) is 3. The van der Waals surface area contributed by atoms with Crippen molar-refractivity contribution in [3.8, 4) is 5.69 Å². The van der Waals surface area contributed by atoms with Crippen LogP contribution in [0.25, 0.3) is 11.8 Å². The van der Waals surface area contributed by atoms with Gasteiger partial charge in [0.15, 0.2) is 5.17 Å². The van der Waals surface area contributed by atoms with E-state index in [1.54, 1.807) is 35.2 Å². The summed E-state index contributed by atoms with van der Waals surface area (Å²) in [6, 6.07) is 16.0. The van der Waals surface area contributed by atoms with Crippen molar-refractivity contribution in [3.05, 3.63) is 88.8 Å². The van der Waals surface area contributed by atoms with E-state index in [1.807, 2.05) is 29.8 Å². The number of amides is 1. The summed E-state index contributed by atoms with van der Waals surface area (Å²) in [6.45, 7) is 2.33. The predicted molar refractivity (Wildman–Crippen MR) is 119 cm³/mol. The second-order valence-electron chi connectivity index (χ2n) is 6.69. The molecule has 0 saturated carbocycles. The molecule has 6 nitrogen and oxygen atoms in total. The summed E-state index contributed by atoms with van der Waals surface area (Å²) < 4.78 is 15.0. The molecule has 0 aliphatic carbocycles. The number of carboxylic acids is 1. The van der Waals surface area contributed by atoms with E-state index in [9.17, 15) is 14.0 Å². The van der Waals surface area contributed by atoms with Gasteiger partial charge < -0.3 is 9.67 Å². The van der Waals surface area contributed by atoms with Gasteiger partial charge in [-0.15, -0.1) is 0 Å². The lowest BCUT2D eigenvalue weighted by molar-refractivity contribution is -0.122. The molecule has 2 aromatic carbocycles. The predicted octanol–water partition coefficient (Wildman–Crippen LogP) is 4.94. The average Bonchev–Trinajstić information content (AvgIpc) is 3.34. The van der Waals surface area contributed by atoms with E-state index in [0.717, 1.165) is 11.4 Å². The quantitative estimate of drug-likeness (QED) is 0.576. The van der Waals surface area contributed by atoms with Gasteiger partial charge in [0.1, 0.15) is 5.82 Å². The van der Waals surface area contributed by atoms with Crippen molar-refractivity contribution in [2.24, 2.45) is 4.99 Å². The van der Waals surface area contributed by atoms with Crippen LogP contribution in [0.1, 0.15) is 23.0 Å². The van der Waals surface area contributed by atoms with Crippen LogP contribution < -0.4 is 0 Å². The van der Waals surface area contributed by atoms with Crippen LogP contribution in [0, 0.1) is 5.82 Å². The Morgan fingerprint density at radius 2 is 1.84 bits per heavy atom. The standard InChI is InChI=1S/C23H18FN3O3S/c1-2-26-21(28)20(31-23(26)25-17-9-7-16(24)8-10-17)14-19-4-3-13-27(19)18-11-5-15(6-12-18)22(29)30/h3-14H,2H2,1H3,(H,29,30)/b20-14+,25-23?. The third kappa shape index (κ3) is 4.29. The van der Waals surface area contributed by atoms with Crippen LogP contribution in [-0.2, 0) is 4.79 Å². The van der Waals surface area contributed by atoms with E-state index in [0.29, 0.717) is 22.3 Å². The van der Waals surface area contributed by atoms with Crippen LogP contribution in [0.5, 0.6) is 0 Å². The smallest absolute Gasteiger partial charge is 0.335 e. The summed E-state index contributed by atoms with van der Waals surface area (Å²) in [7, 11) is 0. The molecule has 31 heavy (non-hydrogen) atoms. The van der Waals surface area contributed by atoms with Gasteiger partial charge in [0.25, 0.3) is 5.91 Å². The van der Waals surface area contributed by atoms with Crippen LogP contribution in [0.15, 0.2) is 76.8 Å². The highest BCUT2D eigenvalue weighted by atomic mass is 32.2. The van der Waals surface area contributed by atoms with E-state index in [1.165, 1.54) is 36.0 Å². The zero-order valence-electron chi connectivity index (χ0n) is 16.5. The number of rotatable bonds is 5. The molecule has 0 radical (unpaired) electrons. The lowest BCUT2D eigenvalue weighted by Crippen LogP contribution is -2.28. The Kier molecular flexibility index (Phi) is 5.73. The molecule has 1 fully saturated rings. The number of aromatic carboxylic acids is 1. The minimum Gasteiger partial charge on any atom is -0.478 e. The first-order valence-corrected chi connectivity index (χ1v) is 10.3. The number of hydrogen-bond donors (Lipinski definition) is 1. The van der Waals surface area contributed by atoms with Gasteiger partial charge >= 0.3 is 5.97 Å². The molecule has 1 N–H and O–H groups in total. The lowest BCUT2D eigenvalue weighted by atomic mass is 10.2. The van der Waals surface area contributed by atoms with Crippen molar-refractivity contribution in [1.82, 2.24) is 9.47 Å². The van der Waals surface area contributed by atoms with E-state index in [2.05, 4.69) is 4.99 Å². The third-order valence-electron chi connectivity index (χ3n) is 4.71.